The average Bonchev–Trinajstić information content (AvgIpc) is 2.77. The van der Waals surface area contributed by atoms with Crippen LogP contribution in [-0.2, 0) is 14.3 Å². The van der Waals surface area contributed by atoms with E-state index in [1.165, 1.54) is 0 Å². The molecule has 170 valence electrons. The second-order valence-corrected chi connectivity index (χ2v) is 9.09. The van der Waals surface area contributed by atoms with Crippen molar-refractivity contribution in [3.8, 4) is 0 Å². The Morgan fingerprint density at radius 3 is 2.18 bits per heavy atom. The van der Waals surface area contributed by atoms with E-state index in [1.807, 2.05) is 24.3 Å². The number of rotatable bonds is 7. The Morgan fingerprint density at radius 2 is 1.48 bits per heavy atom. The minimum Gasteiger partial charge on any atom is -0.457 e. The third-order valence-electron chi connectivity index (χ3n) is 5.42. The van der Waals surface area contributed by atoms with Gasteiger partial charge in [0, 0.05) is 18.5 Å². The third-order valence-corrected chi connectivity index (χ3v) is 5.42. The monoisotopic (exact) mass is 445 g/mol. The molecule has 4 aromatic carbocycles. The molecule has 0 unspecified atom stereocenters. The quantitative estimate of drug-likeness (QED) is 0.173. The van der Waals surface area contributed by atoms with Gasteiger partial charge in [-0.3, -0.25) is 9.59 Å². The van der Waals surface area contributed by atoms with Gasteiger partial charge in [0.25, 0.3) is 0 Å². The van der Waals surface area contributed by atoms with Crippen LogP contribution >= 0.6 is 0 Å². The van der Waals surface area contributed by atoms with Crippen LogP contribution in [0.2, 0.25) is 0 Å². The molecule has 6 nitrogen and oxygen atoms in total. The Hall–Kier alpha value is -3.67. The van der Waals surface area contributed by atoms with E-state index in [-0.39, 0.29) is 25.4 Å². The highest BCUT2D eigenvalue weighted by Crippen LogP contribution is 2.36. The Balaban J connectivity index is 1.37. The number of carbonyl (C=O) groups excluding carboxylic acids is 3. The second kappa shape index (κ2) is 9.06. The number of hydrogen-bond donors (Lipinski definition) is 1. The van der Waals surface area contributed by atoms with Crippen molar-refractivity contribution >= 4 is 50.2 Å². The fraction of sp³-hybridized carbons (Fsp3) is 0.296. The molecule has 0 fully saturated rings. The number of ketones is 1. The molecule has 1 N–H and O–H groups in total. The molecule has 4 aromatic rings. The van der Waals surface area contributed by atoms with Gasteiger partial charge in [0.15, 0.2) is 6.61 Å². The van der Waals surface area contributed by atoms with Crippen LogP contribution < -0.4 is 5.32 Å². The van der Waals surface area contributed by atoms with E-state index in [2.05, 4.69) is 29.6 Å². The average molecular weight is 446 g/mol. The predicted octanol–water partition coefficient (Wildman–Crippen LogP) is 5.61. The van der Waals surface area contributed by atoms with Crippen LogP contribution in [0, 0.1) is 0 Å². The van der Waals surface area contributed by atoms with Crippen LogP contribution in [0.5, 0.6) is 0 Å². The Morgan fingerprint density at radius 1 is 0.848 bits per heavy atom. The van der Waals surface area contributed by atoms with E-state index in [0.29, 0.717) is 12.0 Å². The summed E-state index contributed by atoms with van der Waals surface area (Å²) in [5.74, 6) is -0.722. The molecular weight excluding hydrogens is 418 g/mol. The Labute approximate surface area is 192 Å². The zero-order valence-electron chi connectivity index (χ0n) is 19.1. The summed E-state index contributed by atoms with van der Waals surface area (Å²) < 4.78 is 10.3. The zero-order valence-corrected chi connectivity index (χ0v) is 19.1. The number of benzene rings is 4. The highest BCUT2D eigenvalue weighted by atomic mass is 16.6. The van der Waals surface area contributed by atoms with Gasteiger partial charge in [0.1, 0.15) is 5.60 Å². The lowest BCUT2D eigenvalue weighted by Gasteiger charge is -2.19. The highest BCUT2D eigenvalue weighted by molar-refractivity contribution is 6.26. The minimum atomic E-state index is -0.575. The summed E-state index contributed by atoms with van der Waals surface area (Å²) in [5.41, 5.74) is -0.0331. The van der Waals surface area contributed by atoms with Crippen molar-refractivity contribution in [3.63, 3.8) is 0 Å². The fourth-order valence-corrected chi connectivity index (χ4v) is 4.01. The van der Waals surface area contributed by atoms with Crippen LogP contribution in [0.4, 0.5) is 4.79 Å². The van der Waals surface area contributed by atoms with Gasteiger partial charge in [-0.15, -0.1) is 0 Å². The Bertz CT molecular complexity index is 1320. The highest BCUT2D eigenvalue weighted by Gasteiger charge is 2.17. The molecule has 4 rings (SSSR count). The molecule has 1 amide bonds. The van der Waals surface area contributed by atoms with Crippen molar-refractivity contribution in [2.24, 2.45) is 0 Å². The zero-order chi connectivity index (χ0) is 23.6. The molecule has 0 aliphatic rings. The molecule has 0 aliphatic carbocycles. The van der Waals surface area contributed by atoms with Gasteiger partial charge in [-0.2, -0.15) is 0 Å². The number of amides is 1. The van der Waals surface area contributed by atoms with Crippen LogP contribution in [0.1, 0.15) is 44.0 Å². The molecule has 0 bridgehead atoms. The molecule has 0 aromatic heterocycles. The van der Waals surface area contributed by atoms with Crippen molar-refractivity contribution in [1.29, 1.82) is 0 Å². The van der Waals surface area contributed by atoms with E-state index < -0.39 is 17.7 Å². The van der Waals surface area contributed by atoms with Gasteiger partial charge in [-0.25, -0.2) is 4.79 Å². The first kappa shape index (κ1) is 22.5. The molecule has 6 heteroatoms. The fourth-order valence-electron chi connectivity index (χ4n) is 4.01. The molecule has 0 saturated heterocycles. The number of alkyl carbamates (subject to hydrolysis) is 1. The standard InChI is InChI=1S/C27H27NO5/c1-27(2,3)33-26(31)28-15-5-8-23(30)32-16-22(29)20-13-11-19-10-9-17-6-4-7-18-12-14-21(20)25(19)24(17)18/h4,6-7,9-14H,5,8,15-16H2,1-3H3,(H,28,31). The lowest BCUT2D eigenvalue weighted by Crippen LogP contribution is -2.33. The minimum absolute atomic E-state index is 0.0988. The Kier molecular flexibility index (Phi) is 6.18. The first-order chi connectivity index (χ1) is 15.7. The molecule has 0 aliphatic heterocycles. The first-order valence-corrected chi connectivity index (χ1v) is 11.1. The lowest BCUT2D eigenvalue weighted by molar-refractivity contribution is -0.142. The molecule has 0 spiro atoms. The van der Waals surface area contributed by atoms with E-state index in [0.717, 1.165) is 32.3 Å². The SMILES string of the molecule is CC(C)(C)OC(=O)NCCCC(=O)OCC(=O)c1ccc2ccc3cccc4ccc1c2c34. The second-order valence-electron chi connectivity index (χ2n) is 9.09. The normalized spacial score (nSPS) is 11.7. The van der Waals surface area contributed by atoms with E-state index in [4.69, 9.17) is 9.47 Å². The predicted molar refractivity (Wildman–Crippen MR) is 129 cm³/mol. The molecule has 0 heterocycles. The summed E-state index contributed by atoms with van der Waals surface area (Å²) >= 11 is 0. The number of nitrogens with one attached hydrogen (secondary N) is 1. The lowest BCUT2D eigenvalue weighted by atomic mass is 9.91. The topological polar surface area (TPSA) is 81.7 Å². The first-order valence-electron chi connectivity index (χ1n) is 11.1. The van der Waals surface area contributed by atoms with Crippen LogP contribution in [0.25, 0.3) is 32.3 Å². The summed E-state index contributed by atoms with van der Waals surface area (Å²) in [7, 11) is 0. The van der Waals surface area contributed by atoms with Gasteiger partial charge < -0.3 is 14.8 Å². The molecule has 33 heavy (non-hydrogen) atoms. The maximum atomic E-state index is 12.9. The number of carbonyl (C=O) groups is 3. The van der Waals surface area contributed by atoms with Crippen LogP contribution in [-0.4, -0.2) is 36.6 Å². The van der Waals surface area contributed by atoms with Crippen LogP contribution in [0.15, 0.2) is 54.6 Å². The summed E-state index contributed by atoms with van der Waals surface area (Å²) in [4.78, 5) is 36.6. The van der Waals surface area contributed by atoms with E-state index in [1.54, 1.807) is 26.8 Å². The van der Waals surface area contributed by atoms with Gasteiger partial charge in [-0.05, 0) is 59.5 Å². The number of Topliss-reactive ketones (excluding diaryl/α,β-unsaturated/α-hetero) is 1. The summed E-state index contributed by atoms with van der Waals surface area (Å²) in [5, 5.41) is 8.96. The van der Waals surface area contributed by atoms with Crippen molar-refractivity contribution in [2.45, 2.75) is 39.2 Å². The van der Waals surface area contributed by atoms with Crippen molar-refractivity contribution in [3.05, 3.63) is 60.2 Å². The van der Waals surface area contributed by atoms with Crippen molar-refractivity contribution in [2.75, 3.05) is 13.2 Å². The molecule has 0 radical (unpaired) electrons. The van der Waals surface area contributed by atoms with Gasteiger partial charge in [-0.1, -0.05) is 54.6 Å². The molecular formula is C27H27NO5. The smallest absolute Gasteiger partial charge is 0.407 e. The van der Waals surface area contributed by atoms with Crippen molar-refractivity contribution < 1.29 is 23.9 Å². The maximum absolute atomic E-state index is 12.9. The van der Waals surface area contributed by atoms with Crippen molar-refractivity contribution in [1.82, 2.24) is 5.32 Å². The maximum Gasteiger partial charge on any atom is 0.407 e. The van der Waals surface area contributed by atoms with Gasteiger partial charge in [0.2, 0.25) is 5.78 Å². The van der Waals surface area contributed by atoms with Gasteiger partial charge in [0.05, 0.1) is 0 Å². The van der Waals surface area contributed by atoms with Crippen LogP contribution in [0.3, 0.4) is 0 Å². The number of hydrogen-bond acceptors (Lipinski definition) is 5. The molecule has 0 saturated carbocycles. The van der Waals surface area contributed by atoms with E-state index >= 15 is 0 Å². The summed E-state index contributed by atoms with van der Waals surface area (Å²) in [6.07, 6.45) is -0.0351. The largest absolute Gasteiger partial charge is 0.457 e. The number of ether oxygens (including phenoxy) is 2. The molecule has 0 atom stereocenters. The summed E-state index contributed by atoms with van der Waals surface area (Å²) in [6, 6.07) is 18.0. The van der Waals surface area contributed by atoms with Gasteiger partial charge >= 0.3 is 12.1 Å². The summed E-state index contributed by atoms with van der Waals surface area (Å²) in [6.45, 7) is 5.31. The number of esters is 1. The van der Waals surface area contributed by atoms with E-state index in [9.17, 15) is 14.4 Å². The third kappa shape index (κ3) is 5.06.